The lowest BCUT2D eigenvalue weighted by molar-refractivity contribution is -0.140. The molecule has 1 atom stereocenters. The molecule has 1 heterocycles. The fraction of sp³-hybridized carbons (Fsp3) is 0.200. The molecule has 0 fully saturated rings. The van der Waals surface area contributed by atoms with Crippen LogP contribution in [0.4, 0.5) is 0 Å². The molecule has 3 rings (SSSR count). The molecule has 0 amide bonds. The van der Waals surface area contributed by atoms with E-state index in [-0.39, 0.29) is 6.54 Å². The first-order valence-corrected chi connectivity index (χ1v) is 6.53. The van der Waals surface area contributed by atoms with Gasteiger partial charge in [0.1, 0.15) is 6.10 Å². The molecule has 0 unspecified atom stereocenters. The van der Waals surface area contributed by atoms with E-state index in [1.807, 2.05) is 42.5 Å². The molecule has 0 N–H and O–H groups in total. The van der Waals surface area contributed by atoms with Gasteiger partial charge in [-0.25, -0.2) is 4.79 Å². The van der Waals surface area contributed by atoms with Gasteiger partial charge >= 0.3 is 5.97 Å². The van der Waals surface area contributed by atoms with Crippen LogP contribution in [0.25, 0.3) is 21.2 Å². The largest absolute Gasteiger partial charge is 0.456 e. The number of hydrogen-bond acceptors (Lipinski definition) is 4. The van der Waals surface area contributed by atoms with Crippen molar-refractivity contribution in [1.82, 2.24) is 0 Å². The first kappa shape index (κ1) is 13.1. The standard InChI is InChI=1S/C15H12N4O2/c16-19-18-9-13-8-17-14(15(20)21-13)12-6-5-10-3-1-2-4-11(10)7-12/h1-7,13H,8-9H2/t13-/m0/s1. The van der Waals surface area contributed by atoms with Gasteiger partial charge in [-0.15, -0.1) is 0 Å². The number of benzene rings is 2. The van der Waals surface area contributed by atoms with Gasteiger partial charge in [-0.2, -0.15) is 0 Å². The number of azide groups is 1. The van der Waals surface area contributed by atoms with Crippen LogP contribution in [0.2, 0.25) is 0 Å². The third kappa shape index (κ3) is 2.70. The van der Waals surface area contributed by atoms with Gasteiger partial charge in [0.25, 0.3) is 0 Å². The van der Waals surface area contributed by atoms with E-state index in [2.05, 4.69) is 15.0 Å². The molecule has 0 spiro atoms. The number of carbonyl (C=O) groups is 1. The topological polar surface area (TPSA) is 87.4 Å². The molecule has 6 heteroatoms. The lowest BCUT2D eigenvalue weighted by Gasteiger charge is -2.20. The summed E-state index contributed by atoms with van der Waals surface area (Å²) in [6.07, 6.45) is -0.474. The minimum Gasteiger partial charge on any atom is -0.456 e. The Kier molecular flexibility index (Phi) is 3.53. The molecule has 1 aliphatic rings. The molecule has 0 radical (unpaired) electrons. The van der Waals surface area contributed by atoms with Crippen molar-refractivity contribution in [1.29, 1.82) is 0 Å². The Morgan fingerprint density at radius 2 is 2.10 bits per heavy atom. The third-order valence-corrected chi connectivity index (χ3v) is 3.29. The maximum Gasteiger partial charge on any atom is 0.357 e. The second-order valence-electron chi connectivity index (χ2n) is 4.69. The van der Waals surface area contributed by atoms with Crippen LogP contribution in [0.15, 0.2) is 52.6 Å². The van der Waals surface area contributed by atoms with Crippen LogP contribution < -0.4 is 0 Å². The molecule has 0 aliphatic carbocycles. The highest BCUT2D eigenvalue weighted by atomic mass is 16.5. The highest BCUT2D eigenvalue weighted by molar-refractivity contribution is 6.43. The normalized spacial score (nSPS) is 17.8. The Morgan fingerprint density at radius 3 is 2.86 bits per heavy atom. The molecule has 2 aromatic rings. The van der Waals surface area contributed by atoms with E-state index in [0.29, 0.717) is 12.3 Å². The molecule has 1 aliphatic heterocycles. The fourth-order valence-corrected chi connectivity index (χ4v) is 2.27. The smallest absolute Gasteiger partial charge is 0.357 e. The Morgan fingerprint density at radius 1 is 1.29 bits per heavy atom. The molecule has 0 saturated carbocycles. The van der Waals surface area contributed by atoms with E-state index in [1.54, 1.807) is 0 Å². The number of nitrogens with zero attached hydrogens (tertiary/aromatic N) is 4. The zero-order valence-corrected chi connectivity index (χ0v) is 11.1. The molecule has 0 saturated heterocycles. The molecule has 21 heavy (non-hydrogen) atoms. The van der Waals surface area contributed by atoms with Crippen LogP contribution in [0.3, 0.4) is 0 Å². The number of ether oxygens (including phenoxy) is 1. The second kappa shape index (κ2) is 5.64. The minimum atomic E-state index is -0.477. The van der Waals surface area contributed by atoms with Crippen LogP contribution in [0.5, 0.6) is 0 Å². The van der Waals surface area contributed by atoms with Gasteiger partial charge < -0.3 is 4.74 Å². The zero-order valence-electron chi connectivity index (χ0n) is 11.1. The van der Waals surface area contributed by atoms with Crippen molar-refractivity contribution in [2.24, 2.45) is 10.1 Å². The number of carbonyl (C=O) groups excluding carboxylic acids is 1. The van der Waals surface area contributed by atoms with Crippen molar-refractivity contribution in [2.75, 3.05) is 13.1 Å². The van der Waals surface area contributed by atoms with Gasteiger partial charge in [-0.3, -0.25) is 4.99 Å². The average molecular weight is 280 g/mol. The molecule has 6 nitrogen and oxygen atoms in total. The Labute approximate surface area is 120 Å². The minimum absolute atomic E-state index is 0.108. The Hall–Kier alpha value is -2.85. The van der Waals surface area contributed by atoms with E-state index >= 15 is 0 Å². The van der Waals surface area contributed by atoms with E-state index < -0.39 is 12.1 Å². The van der Waals surface area contributed by atoms with Crippen molar-refractivity contribution in [2.45, 2.75) is 6.10 Å². The number of cyclic esters (lactones) is 1. The number of aliphatic imine (C=N–C) groups is 1. The maximum atomic E-state index is 12.0. The number of esters is 1. The molecular weight excluding hydrogens is 268 g/mol. The van der Waals surface area contributed by atoms with Crippen LogP contribution in [-0.2, 0) is 9.53 Å². The van der Waals surface area contributed by atoms with Crippen molar-refractivity contribution in [3.63, 3.8) is 0 Å². The van der Waals surface area contributed by atoms with Gasteiger partial charge in [0.2, 0.25) is 0 Å². The summed E-state index contributed by atoms with van der Waals surface area (Å²) in [4.78, 5) is 18.9. The zero-order chi connectivity index (χ0) is 14.7. The van der Waals surface area contributed by atoms with Crippen LogP contribution in [0, 0.1) is 0 Å². The first-order valence-electron chi connectivity index (χ1n) is 6.53. The predicted molar refractivity (Wildman–Crippen MR) is 79.2 cm³/mol. The summed E-state index contributed by atoms with van der Waals surface area (Å²) >= 11 is 0. The molecule has 104 valence electrons. The fourth-order valence-electron chi connectivity index (χ4n) is 2.27. The van der Waals surface area contributed by atoms with Crippen molar-refractivity contribution < 1.29 is 9.53 Å². The summed E-state index contributed by atoms with van der Waals surface area (Å²) in [6.45, 7) is 0.420. The molecule has 2 aromatic carbocycles. The van der Waals surface area contributed by atoms with E-state index in [0.717, 1.165) is 16.3 Å². The van der Waals surface area contributed by atoms with Gasteiger partial charge in [0, 0.05) is 10.5 Å². The number of rotatable bonds is 3. The summed E-state index contributed by atoms with van der Waals surface area (Å²) in [6, 6.07) is 13.6. The second-order valence-corrected chi connectivity index (χ2v) is 4.69. The highest BCUT2D eigenvalue weighted by Crippen LogP contribution is 2.18. The summed E-state index contributed by atoms with van der Waals surface area (Å²) in [5.74, 6) is -0.477. The highest BCUT2D eigenvalue weighted by Gasteiger charge is 2.25. The van der Waals surface area contributed by atoms with Gasteiger partial charge in [0.05, 0.1) is 13.1 Å². The Balaban J connectivity index is 1.90. The van der Waals surface area contributed by atoms with Crippen molar-refractivity contribution in [3.05, 3.63) is 58.5 Å². The quantitative estimate of drug-likeness (QED) is 0.374. The molecule has 0 aromatic heterocycles. The predicted octanol–water partition coefficient (Wildman–Crippen LogP) is 2.86. The SMILES string of the molecule is [N-]=[N+]=NC[C@@H]1CN=C(c2ccc3ccccc3c2)C(=O)O1. The van der Waals surface area contributed by atoms with Gasteiger partial charge in [0.15, 0.2) is 5.71 Å². The summed E-state index contributed by atoms with van der Waals surface area (Å²) < 4.78 is 5.23. The van der Waals surface area contributed by atoms with Gasteiger partial charge in [-0.1, -0.05) is 41.5 Å². The average Bonchev–Trinajstić information content (AvgIpc) is 2.52. The van der Waals surface area contributed by atoms with E-state index in [1.165, 1.54) is 0 Å². The van der Waals surface area contributed by atoms with Crippen LogP contribution in [0.1, 0.15) is 5.56 Å². The summed E-state index contributed by atoms with van der Waals surface area (Å²) in [5, 5.41) is 5.55. The van der Waals surface area contributed by atoms with Gasteiger partial charge in [-0.05, 0) is 22.4 Å². The third-order valence-electron chi connectivity index (χ3n) is 3.29. The van der Waals surface area contributed by atoms with E-state index in [9.17, 15) is 4.79 Å². The maximum absolute atomic E-state index is 12.0. The van der Waals surface area contributed by atoms with Crippen LogP contribution >= 0.6 is 0 Å². The number of hydrogen-bond donors (Lipinski definition) is 0. The lowest BCUT2D eigenvalue weighted by atomic mass is 10.0. The Bertz CT molecular complexity index is 778. The van der Waals surface area contributed by atoms with Crippen molar-refractivity contribution in [3.8, 4) is 0 Å². The first-order chi connectivity index (χ1) is 10.3. The number of fused-ring (bicyclic) bond motifs is 1. The summed E-state index contributed by atoms with van der Waals surface area (Å²) in [5.41, 5.74) is 9.33. The molecular formula is C15H12N4O2. The monoisotopic (exact) mass is 280 g/mol. The molecule has 0 bridgehead atoms. The summed E-state index contributed by atoms with van der Waals surface area (Å²) in [7, 11) is 0. The van der Waals surface area contributed by atoms with Crippen LogP contribution in [-0.4, -0.2) is 30.9 Å². The lowest BCUT2D eigenvalue weighted by Crippen LogP contribution is -2.34. The van der Waals surface area contributed by atoms with E-state index in [4.69, 9.17) is 10.3 Å². The van der Waals surface area contributed by atoms with Crippen molar-refractivity contribution >= 4 is 22.5 Å².